The second-order valence-electron chi connectivity index (χ2n) is 5.61. The average molecular weight is 283 g/mol. The molecular formula is C17H21N3O. The highest BCUT2D eigenvalue weighted by molar-refractivity contribution is 5.67. The van der Waals surface area contributed by atoms with E-state index in [9.17, 15) is 5.11 Å². The average Bonchev–Trinajstić information content (AvgIpc) is 2.48. The molecule has 110 valence electrons. The van der Waals surface area contributed by atoms with Gasteiger partial charge in [0.2, 0.25) is 0 Å². The topological polar surface area (TPSA) is 48.4 Å². The van der Waals surface area contributed by atoms with Crippen molar-refractivity contribution in [2.45, 2.75) is 13.5 Å². The van der Waals surface area contributed by atoms with Gasteiger partial charge in [0.15, 0.2) is 0 Å². The fraction of sp³-hybridized carbons (Fsp3) is 0.353. The van der Waals surface area contributed by atoms with E-state index in [4.69, 9.17) is 0 Å². The normalized spacial score (nSPS) is 16.0. The smallest absolute Gasteiger partial charge is 0.134 e. The van der Waals surface area contributed by atoms with Crippen molar-refractivity contribution >= 4 is 0 Å². The molecule has 1 aromatic carbocycles. The second-order valence-corrected chi connectivity index (χ2v) is 5.61. The molecule has 4 heteroatoms. The van der Waals surface area contributed by atoms with Crippen molar-refractivity contribution in [1.82, 2.24) is 15.2 Å². The number of aromatic nitrogens is 1. The number of nitrogens with zero attached hydrogens (tertiary/aromatic N) is 2. The van der Waals surface area contributed by atoms with Crippen molar-refractivity contribution in [3.8, 4) is 16.9 Å². The molecular weight excluding hydrogens is 262 g/mol. The van der Waals surface area contributed by atoms with Gasteiger partial charge in [0, 0.05) is 44.5 Å². The van der Waals surface area contributed by atoms with Crippen molar-refractivity contribution in [3.63, 3.8) is 0 Å². The highest BCUT2D eigenvalue weighted by Crippen LogP contribution is 2.26. The summed E-state index contributed by atoms with van der Waals surface area (Å²) in [6.07, 6.45) is 3.25. The lowest BCUT2D eigenvalue weighted by Crippen LogP contribution is -2.42. The van der Waals surface area contributed by atoms with Gasteiger partial charge < -0.3 is 10.4 Å². The van der Waals surface area contributed by atoms with Crippen molar-refractivity contribution in [2.75, 3.05) is 26.2 Å². The van der Waals surface area contributed by atoms with Gasteiger partial charge in [-0.05, 0) is 29.7 Å². The van der Waals surface area contributed by atoms with Gasteiger partial charge in [0.25, 0.3) is 0 Å². The molecule has 0 amide bonds. The van der Waals surface area contributed by atoms with E-state index in [0.717, 1.165) is 43.9 Å². The molecule has 0 spiro atoms. The van der Waals surface area contributed by atoms with Gasteiger partial charge in [0.05, 0.1) is 6.20 Å². The molecule has 1 fully saturated rings. The van der Waals surface area contributed by atoms with Gasteiger partial charge >= 0.3 is 0 Å². The number of benzene rings is 1. The summed E-state index contributed by atoms with van der Waals surface area (Å²) < 4.78 is 0. The van der Waals surface area contributed by atoms with Crippen LogP contribution in [0.25, 0.3) is 11.1 Å². The maximum Gasteiger partial charge on any atom is 0.134 e. The largest absolute Gasteiger partial charge is 0.506 e. The first-order chi connectivity index (χ1) is 10.2. The van der Waals surface area contributed by atoms with Crippen LogP contribution in [0.4, 0.5) is 0 Å². The van der Waals surface area contributed by atoms with E-state index in [1.54, 1.807) is 12.3 Å². The van der Waals surface area contributed by atoms with Crippen LogP contribution in [-0.4, -0.2) is 41.2 Å². The van der Waals surface area contributed by atoms with Crippen molar-refractivity contribution in [2.24, 2.45) is 0 Å². The van der Waals surface area contributed by atoms with Crippen LogP contribution in [-0.2, 0) is 6.54 Å². The molecule has 0 radical (unpaired) electrons. The van der Waals surface area contributed by atoms with Crippen molar-refractivity contribution in [1.29, 1.82) is 0 Å². The Kier molecular flexibility index (Phi) is 4.18. The molecule has 0 aliphatic carbocycles. The van der Waals surface area contributed by atoms with Crippen LogP contribution >= 0.6 is 0 Å². The van der Waals surface area contributed by atoms with E-state index in [2.05, 4.69) is 40.3 Å². The predicted molar refractivity (Wildman–Crippen MR) is 84.2 cm³/mol. The summed E-state index contributed by atoms with van der Waals surface area (Å²) in [6.45, 7) is 7.48. The Morgan fingerprint density at radius 3 is 2.71 bits per heavy atom. The zero-order valence-corrected chi connectivity index (χ0v) is 12.3. The standard InChI is InChI=1S/C17H21N3O/c1-13-8-14(12-20-6-4-18-5-7-20)2-3-17(13)15-9-16(21)11-19-10-15/h2-3,8-11,18,21H,4-7,12H2,1H3. The maximum absolute atomic E-state index is 9.56. The predicted octanol–water partition coefficient (Wildman–Crippen LogP) is 2.17. The summed E-state index contributed by atoms with van der Waals surface area (Å²) in [5.74, 6) is 0.205. The quantitative estimate of drug-likeness (QED) is 0.906. The number of hydrogen-bond donors (Lipinski definition) is 2. The summed E-state index contributed by atoms with van der Waals surface area (Å²) in [5, 5.41) is 12.9. The summed E-state index contributed by atoms with van der Waals surface area (Å²) in [6, 6.07) is 8.30. The number of piperazine rings is 1. The lowest BCUT2D eigenvalue weighted by molar-refractivity contribution is 0.233. The van der Waals surface area contributed by atoms with E-state index in [0.29, 0.717) is 0 Å². The van der Waals surface area contributed by atoms with Crippen LogP contribution in [0.2, 0.25) is 0 Å². The van der Waals surface area contributed by atoms with E-state index < -0.39 is 0 Å². The first-order valence-electron chi connectivity index (χ1n) is 7.39. The van der Waals surface area contributed by atoms with Crippen molar-refractivity contribution in [3.05, 3.63) is 47.8 Å². The van der Waals surface area contributed by atoms with Gasteiger partial charge in [-0.1, -0.05) is 18.2 Å². The molecule has 1 aliphatic rings. The van der Waals surface area contributed by atoms with E-state index >= 15 is 0 Å². The van der Waals surface area contributed by atoms with Crippen LogP contribution < -0.4 is 5.32 Å². The molecule has 0 saturated carbocycles. The molecule has 2 aromatic rings. The summed E-state index contributed by atoms with van der Waals surface area (Å²) in [7, 11) is 0. The van der Waals surface area contributed by atoms with Gasteiger partial charge in [-0.15, -0.1) is 0 Å². The number of aromatic hydroxyl groups is 1. The Morgan fingerprint density at radius 2 is 2.00 bits per heavy atom. The fourth-order valence-electron chi connectivity index (χ4n) is 2.85. The van der Waals surface area contributed by atoms with E-state index in [-0.39, 0.29) is 5.75 Å². The highest BCUT2D eigenvalue weighted by Gasteiger charge is 2.11. The van der Waals surface area contributed by atoms with Crippen LogP contribution in [0.15, 0.2) is 36.7 Å². The number of pyridine rings is 1. The number of hydrogen-bond acceptors (Lipinski definition) is 4. The number of nitrogens with one attached hydrogen (secondary N) is 1. The minimum atomic E-state index is 0.205. The summed E-state index contributed by atoms with van der Waals surface area (Å²) in [5.41, 5.74) is 4.64. The zero-order chi connectivity index (χ0) is 14.7. The Bertz CT molecular complexity index is 621. The van der Waals surface area contributed by atoms with Crippen LogP contribution in [0.1, 0.15) is 11.1 Å². The third-order valence-corrected chi connectivity index (χ3v) is 3.94. The lowest BCUT2D eigenvalue weighted by Gasteiger charge is -2.27. The van der Waals surface area contributed by atoms with Crippen LogP contribution in [0.5, 0.6) is 5.75 Å². The van der Waals surface area contributed by atoms with E-state index in [1.807, 2.05) is 0 Å². The van der Waals surface area contributed by atoms with Crippen molar-refractivity contribution < 1.29 is 5.11 Å². The first kappa shape index (κ1) is 14.0. The molecule has 4 nitrogen and oxygen atoms in total. The monoisotopic (exact) mass is 283 g/mol. The lowest BCUT2D eigenvalue weighted by atomic mass is 9.99. The van der Waals surface area contributed by atoms with Gasteiger partial charge in [-0.2, -0.15) is 0 Å². The molecule has 1 aromatic heterocycles. The third kappa shape index (κ3) is 3.40. The number of aryl methyl sites for hydroxylation is 1. The summed E-state index contributed by atoms with van der Waals surface area (Å²) >= 11 is 0. The molecule has 1 saturated heterocycles. The van der Waals surface area contributed by atoms with Gasteiger partial charge in [0.1, 0.15) is 5.75 Å². The fourth-order valence-corrected chi connectivity index (χ4v) is 2.85. The SMILES string of the molecule is Cc1cc(CN2CCNCC2)ccc1-c1cncc(O)c1. The minimum absolute atomic E-state index is 0.205. The third-order valence-electron chi connectivity index (χ3n) is 3.94. The summed E-state index contributed by atoms with van der Waals surface area (Å²) in [4.78, 5) is 6.53. The molecule has 3 rings (SSSR count). The molecule has 2 heterocycles. The Labute approximate surface area is 125 Å². The Morgan fingerprint density at radius 1 is 1.19 bits per heavy atom. The van der Waals surface area contributed by atoms with Crippen LogP contribution in [0.3, 0.4) is 0 Å². The zero-order valence-electron chi connectivity index (χ0n) is 12.3. The first-order valence-corrected chi connectivity index (χ1v) is 7.39. The van der Waals surface area contributed by atoms with Gasteiger partial charge in [-0.3, -0.25) is 9.88 Å². The maximum atomic E-state index is 9.56. The molecule has 2 N–H and O–H groups in total. The molecule has 21 heavy (non-hydrogen) atoms. The van der Waals surface area contributed by atoms with Gasteiger partial charge in [-0.25, -0.2) is 0 Å². The van der Waals surface area contributed by atoms with Crippen LogP contribution in [0, 0.1) is 6.92 Å². The Hall–Kier alpha value is -1.91. The highest BCUT2D eigenvalue weighted by atomic mass is 16.3. The molecule has 1 aliphatic heterocycles. The molecule has 0 atom stereocenters. The number of rotatable bonds is 3. The Balaban J connectivity index is 1.79. The second kappa shape index (κ2) is 6.24. The molecule has 0 bridgehead atoms. The van der Waals surface area contributed by atoms with E-state index in [1.165, 1.54) is 17.3 Å². The molecule has 0 unspecified atom stereocenters. The minimum Gasteiger partial charge on any atom is -0.506 e.